The molecule has 2 aliphatic rings. The minimum atomic E-state index is 0.313. The largest absolute Gasteiger partial charge is 0.0686 e. The van der Waals surface area contributed by atoms with Gasteiger partial charge in [-0.25, -0.2) is 0 Å². The van der Waals surface area contributed by atoms with Gasteiger partial charge in [-0.3, -0.25) is 0 Å². The molecule has 0 fully saturated rings. The topological polar surface area (TPSA) is 0 Å². The van der Waals surface area contributed by atoms with E-state index in [0.29, 0.717) is 5.92 Å². The summed E-state index contributed by atoms with van der Waals surface area (Å²) in [6, 6.07) is 13.4. The fourth-order valence-corrected chi connectivity index (χ4v) is 3.92. The van der Waals surface area contributed by atoms with Crippen LogP contribution in [-0.2, 0) is 0 Å². The minimum absolute atomic E-state index is 0.313. The summed E-state index contributed by atoms with van der Waals surface area (Å²) >= 11 is 0. The van der Waals surface area contributed by atoms with Crippen molar-refractivity contribution in [3.8, 4) is 11.1 Å². The second-order valence-electron chi connectivity index (χ2n) is 6.84. The van der Waals surface area contributed by atoms with Crippen molar-refractivity contribution in [1.82, 2.24) is 0 Å². The Morgan fingerprint density at radius 1 is 0.826 bits per heavy atom. The van der Waals surface area contributed by atoms with E-state index < -0.39 is 0 Å². The van der Waals surface area contributed by atoms with E-state index in [9.17, 15) is 0 Å². The number of aryl methyl sites for hydroxylation is 2. The lowest BCUT2D eigenvalue weighted by atomic mass is 9.89. The van der Waals surface area contributed by atoms with Crippen molar-refractivity contribution in [2.24, 2.45) is 0 Å². The van der Waals surface area contributed by atoms with Crippen LogP contribution < -0.4 is 0 Å². The average molecular weight is 297 g/mol. The lowest BCUT2D eigenvalue weighted by Crippen LogP contribution is -1.98. The van der Waals surface area contributed by atoms with Gasteiger partial charge in [0, 0.05) is 5.92 Å². The Bertz CT molecular complexity index is 848. The molecule has 1 radical (unpaired) electrons. The fraction of sp³-hybridized carbons (Fsp3) is 0.217. The van der Waals surface area contributed by atoms with E-state index in [-0.39, 0.29) is 0 Å². The van der Waals surface area contributed by atoms with Gasteiger partial charge in [-0.1, -0.05) is 54.1 Å². The van der Waals surface area contributed by atoms with E-state index in [1.807, 2.05) is 0 Å². The molecule has 0 heterocycles. The zero-order valence-electron chi connectivity index (χ0n) is 14.2. The fourth-order valence-electron chi connectivity index (χ4n) is 3.92. The zero-order valence-corrected chi connectivity index (χ0v) is 14.2. The maximum Gasteiger partial charge on any atom is 0.0358 e. The Kier molecular flexibility index (Phi) is 3.16. The third-order valence-electron chi connectivity index (χ3n) is 5.04. The van der Waals surface area contributed by atoms with Crippen LogP contribution in [0.3, 0.4) is 0 Å². The lowest BCUT2D eigenvalue weighted by Gasteiger charge is -2.14. The van der Waals surface area contributed by atoms with Crippen molar-refractivity contribution in [2.45, 2.75) is 33.6 Å². The summed E-state index contributed by atoms with van der Waals surface area (Å²) in [7, 11) is 0. The number of rotatable bonds is 1. The van der Waals surface area contributed by atoms with Gasteiger partial charge in [0.2, 0.25) is 0 Å². The minimum Gasteiger partial charge on any atom is -0.0686 e. The summed E-state index contributed by atoms with van der Waals surface area (Å²) in [5.41, 5.74) is 12.3. The number of benzene rings is 2. The Labute approximate surface area is 138 Å². The molecule has 0 aromatic heterocycles. The third kappa shape index (κ3) is 2.05. The van der Waals surface area contributed by atoms with Crippen molar-refractivity contribution >= 4 is 0 Å². The number of fused-ring (bicyclic) bond motifs is 3. The standard InChI is InChI=1S/C23H21/c1-14(2)17-11-12-18(13-17)23-19-9-5-7-15(3)21(19)22-16(4)8-6-10-20(22)23/h5-12,23H,1-4H3. The van der Waals surface area contributed by atoms with Crippen LogP contribution in [-0.4, -0.2) is 0 Å². The molecule has 113 valence electrons. The first-order chi connectivity index (χ1) is 11.1. The quantitative estimate of drug-likeness (QED) is 0.601. The van der Waals surface area contributed by atoms with Crippen LogP contribution in [0.1, 0.15) is 42.0 Å². The highest BCUT2D eigenvalue weighted by Gasteiger charge is 2.33. The molecule has 0 aliphatic heterocycles. The molecule has 0 bridgehead atoms. The zero-order chi connectivity index (χ0) is 16.1. The monoisotopic (exact) mass is 297 g/mol. The highest BCUT2D eigenvalue weighted by molar-refractivity contribution is 5.85. The highest BCUT2D eigenvalue weighted by atomic mass is 14.4. The van der Waals surface area contributed by atoms with Gasteiger partial charge in [-0.2, -0.15) is 0 Å². The molecule has 0 unspecified atom stereocenters. The van der Waals surface area contributed by atoms with Crippen molar-refractivity contribution < 1.29 is 0 Å². The van der Waals surface area contributed by atoms with Gasteiger partial charge < -0.3 is 0 Å². The smallest absolute Gasteiger partial charge is 0.0358 e. The van der Waals surface area contributed by atoms with Crippen LogP contribution in [0.25, 0.3) is 11.1 Å². The van der Waals surface area contributed by atoms with Gasteiger partial charge in [0.15, 0.2) is 0 Å². The SMILES string of the molecule is CC(C)=C1[C]=C(C2c3cccc(C)c3-c3c(C)cccc32)C=C1. The molecule has 0 heteroatoms. The first kappa shape index (κ1) is 14.3. The summed E-state index contributed by atoms with van der Waals surface area (Å²) in [5.74, 6) is 0.313. The summed E-state index contributed by atoms with van der Waals surface area (Å²) in [5, 5.41) is 0. The number of hydrogen-bond donors (Lipinski definition) is 0. The maximum absolute atomic E-state index is 3.64. The first-order valence-corrected chi connectivity index (χ1v) is 8.26. The molecule has 0 saturated heterocycles. The van der Waals surface area contributed by atoms with Gasteiger partial charge in [-0.15, -0.1) is 0 Å². The normalized spacial score (nSPS) is 15.7. The van der Waals surface area contributed by atoms with Crippen LogP contribution in [0, 0.1) is 19.9 Å². The van der Waals surface area contributed by atoms with Gasteiger partial charge in [0.1, 0.15) is 0 Å². The van der Waals surface area contributed by atoms with E-state index in [4.69, 9.17) is 0 Å². The summed E-state index contributed by atoms with van der Waals surface area (Å²) in [6.45, 7) is 8.75. The van der Waals surface area contributed by atoms with Crippen LogP contribution in [0.15, 0.2) is 65.3 Å². The first-order valence-electron chi connectivity index (χ1n) is 8.26. The molecule has 2 aromatic rings. The number of hydrogen-bond acceptors (Lipinski definition) is 0. The van der Waals surface area contributed by atoms with Crippen LogP contribution >= 0.6 is 0 Å². The molecule has 0 saturated carbocycles. The van der Waals surface area contributed by atoms with Gasteiger partial charge in [0.05, 0.1) is 0 Å². The van der Waals surface area contributed by atoms with Crippen molar-refractivity contribution in [3.63, 3.8) is 0 Å². The van der Waals surface area contributed by atoms with Crippen LogP contribution in [0.4, 0.5) is 0 Å². The summed E-state index contributed by atoms with van der Waals surface area (Å²) in [6.07, 6.45) is 8.09. The predicted molar refractivity (Wildman–Crippen MR) is 97.5 cm³/mol. The Morgan fingerprint density at radius 3 is 1.87 bits per heavy atom. The molecular weight excluding hydrogens is 276 g/mol. The Hall–Kier alpha value is -2.34. The molecule has 2 aliphatic carbocycles. The molecule has 0 N–H and O–H groups in total. The maximum atomic E-state index is 3.64. The second kappa shape index (κ2) is 5.09. The Morgan fingerprint density at radius 2 is 1.39 bits per heavy atom. The van der Waals surface area contributed by atoms with E-state index in [1.54, 1.807) is 0 Å². The van der Waals surface area contributed by atoms with Gasteiger partial charge >= 0.3 is 0 Å². The number of allylic oxidation sites excluding steroid dienone is 6. The molecule has 0 amide bonds. The van der Waals surface area contributed by atoms with Crippen molar-refractivity contribution in [1.29, 1.82) is 0 Å². The van der Waals surface area contributed by atoms with E-state index >= 15 is 0 Å². The Balaban J connectivity index is 2.00. The van der Waals surface area contributed by atoms with Crippen LogP contribution in [0.2, 0.25) is 0 Å². The van der Waals surface area contributed by atoms with Crippen molar-refractivity contribution in [2.75, 3.05) is 0 Å². The van der Waals surface area contributed by atoms with E-state index in [1.165, 1.54) is 50.1 Å². The van der Waals surface area contributed by atoms with Gasteiger partial charge in [0.25, 0.3) is 0 Å². The van der Waals surface area contributed by atoms with Gasteiger partial charge in [-0.05, 0) is 78.3 Å². The third-order valence-corrected chi connectivity index (χ3v) is 5.04. The van der Waals surface area contributed by atoms with E-state index in [2.05, 4.69) is 82.3 Å². The molecule has 0 spiro atoms. The molecular formula is C23H21. The van der Waals surface area contributed by atoms with Crippen LogP contribution in [0.5, 0.6) is 0 Å². The molecule has 0 nitrogen and oxygen atoms in total. The molecule has 2 aromatic carbocycles. The summed E-state index contributed by atoms with van der Waals surface area (Å²) in [4.78, 5) is 0. The second-order valence-corrected chi connectivity index (χ2v) is 6.84. The molecule has 23 heavy (non-hydrogen) atoms. The van der Waals surface area contributed by atoms with E-state index in [0.717, 1.165) is 0 Å². The molecule has 4 rings (SSSR count). The highest BCUT2D eigenvalue weighted by Crippen LogP contribution is 2.51. The predicted octanol–water partition coefficient (Wildman–Crippen LogP) is 6.05. The summed E-state index contributed by atoms with van der Waals surface area (Å²) < 4.78 is 0. The molecule has 0 atom stereocenters. The van der Waals surface area contributed by atoms with Crippen molar-refractivity contribution in [3.05, 3.63) is 93.6 Å². The average Bonchev–Trinajstić information content (AvgIpc) is 3.10. The lowest BCUT2D eigenvalue weighted by molar-refractivity contribution is 1.01.